The van der Waals surface area contributed by atoms with Crippen molar-refractivity contribution in [3.63, 3.8) is 0 Å². The highest BCUT2D eigenvalue weighted by Crippen LogP contribution is 2.77. The number of rotatable bonds is 2. The molecular weight excluding hydrogens is 392 g/mol. The minimum absolute atomic E-state index is 0.0999. The molecule has 32 heavy (non-hydrogen) atoms. The second-order valence-electron chi connectivity index (χ2n) is 14.2. The molecule has 0 saturated heterocycles. The van der Waals surface area contributed by atoms with Gasteiger partial charge in [-0.3, -0.25) is 4.79 Å². The van der Waals surface area contributed by atoms with Crippen LogP contribution in [0.3, 0.4) is 0 Å². The van der Waals surface area contributed by atoms with Gasteiger partial charge < -0.3 is 4.79 Å². The Labute approximate surface area is 196 Å². The van der Waals surface area contributed by atoms with Crippen LogP contribution in [-0.2, 0) is 9.59 Å². The number of hydrogen-bond acceptors (Lipinski definition) is 2. The Kier molecular flexibility index (Phi) is 4.87. The molecule has 0 aromatic carbocycles. The SMILES string of the molecule is C=C(C)C1CC[C@]2(C=O)CC[C@]3(C)[C@H](CC[C@@H]4[C@@]5(C)CCC(=O)C(C)(C)C5CC[C@]43C)C12. The second-order valence-corrected chi connectivity index (χ2v) is 14.2. The zero-order valence-corrected chi connectivity index (χ0v) is 21.6. The van der Waals surface area contributed by atoms with Crippen LogP contribution >= 0.6 is 0 Å². The van der Waals surface area contributed by atoms with Gasteiger partial charge in [0.15, 0.2) is 0 Å². The van der Waals surface area contributed by atoms with E-state index in [4.69, 9.17) is 0 Å². The average molecular weight is 439 g/mol. The molecule has 178 valence electrons. The number of ketones is 1. The van der Waals surface area contributed by atoms with Crippen molar-refractivity contribution in [1.82, 2.24) is 0 Å². The molecule has 0 heterocycles. The van der Waals surface area contributed by atoms with E-state index in [1.165, 1.54) is 44.0 Å². The highest BCUT2D eigenvalue weighted by Gasteiger charge is 2.70. The van der Waals surface area contributed by atoms with Crippen molar-refractivity contribution in [1.29, 1.82) is 0 Å². The Hall–Kier alpha value is -0.920. The molecule has 5 fully saturated rings. The smallest absolute Gasteiger partial charge is 0.138 e. The normalized spacial score (nSPS) is 54.1. The highest BCUT2D eigenvalue weighted by atomic mass is 16.1. The van der Waals surface area contributed by atoms with Crippen molar-refractivity contribution in [3.8, 4) is 0 Å². The van der Waals surface area contributed by atoms with Gasteiger partial charge in [0, 0.05) is 17.3 Å². The summed E-state index contributed by atoms with van der Waals surface area (Å²) in [6.45, 7) is 18.9. The van der Waals surface area contributed by atoms with E-state index >= 15 is 0 Å². The van der Waals surface area contributed by atoms with E-state index in [0.29, 0.717) is 40.8 Å². The fraction of sp³-hybridized carbons (Fsp3) is 0.867. The third kappa shape index (κ3) is 2.54. The molecule has 0 amide bonds. The molecule has 5 rings (SSSR count). The quantitative estimate of drug-likeness (QED) is 0.332. The summed E-state index contributed by atoms with van der Waals surface area (Å²) in [4.78, 5) is 25.4. The maximum atomic E-state index is 12.9. The van der Waals surface area contributed by atoms with Gasteiger partial charge in [0.05, 0.1) is 0 Å². The summed E-state index contributed by atoms with van der Waals surface area (Å²) >= 11 is 0. The number of carbonyl (C=O) groups is 2. The third-order valence-corrected chi connectivity index (χ3v) is 13.1. The van der Waals surface area contributed by atoms with Gasteiger partial charge in [0.2, 0.25) is 0 Å². The molecule has 5 aliphatic rings. The molecule has 0 aliphatic heterocycles. The monoisotopic (exact) mass is 438 g/mol. The molecule has 0 aromatic rings. The first-order chi connectivity index (χ1) is 14.9. The summed E-state index contributed by atoms with van der Waals surface area (Å²) in [5.41, 5.74) is 1.87. The van der Waals surface area contributed by atoms with Gasteiger partial charge in [-0.15, -0.1) is 0 Å². The van der Waals surface area contributed by atoms with Gasteiger partial charge in [0.25, 0.3) is 0 Å². The van der Waals surface area contributed by atoms with E-state index in [0.717, 1.165) is 32.1 Å². The maximum Gasteiger partial charge on any atom is 0.138 e. The number of Topliss-reactive ketones (excluding diaryl/α,β-unsaturated/α-hetero) is 1. The summed E-state index contributed by atoms with van der Waals surface area (Å²) in [7, 11) is 0. The van der Waals surface area contributed by atoms with E-state index < -0.39 is 0 Å². The predicted molar refractivity (Wildman–Crippen MR) is 130 cm³/mol. The van der Waals surface area contributed by atoms with Crippen LogP contribution in [0.4, 0.5) is 0 Å². The number of carbonyl (C=O) groups excluding carboxylic acids is 2. The molecule has 0 aromatic heterocycles. The Morgan fingerprint density at radius 2 is 1.59 bits per heavy atom. The first kappa shape index (κ1) is 22.9. The van der Waals surface area contributed by atoms with Crippen molar-refractivity contribution < 1.29 is 9.59 Å². The lowest BCUT2D eigenvalue weighted by Crippen LogP contribution is -2.66. The van der Waals surface area contributed by atoms with Gasteiger partial charge in [-0.1, -0.05) is 46.8 Å². The van der Waals surface area contributed by atoms with Crippen molar-refractivity contribution in [2.75, 3.05) is 0 Å². The van der Waals surface area contributed by atoms with Crippen molar-refractivity contribution in [2.24, 2.45) is 56.7 Å². The fourth-order valence-electron chi connectivity index (χ4n) is 11.2. The van der Waals surface area contributed by atoms with Gasteiger partial charge in [-0.05, 0) is 111 Å². The lowest BCUT2D eigenvalue weighted by Gasteiger charge is -2.72. The number of aldehydes is 1. The van der Waals surface area contributed by atoms with Gasteiger partial charge >= 0.3 is 0 Å². The number of allylic oxidation sites excluding steroid dienone is 1. The molecular formula is C30H46O2. The lowest BCUT2D eigenvalue weighted by atomic mass is 9.32. The summed E-state index contributed by atoms with van der Waals surface area (Å²) < 4.78 is 0. The molecule has 3 unspecified atom stereocenters. The van der Waals surface area contributed by atoms with Crippen LogP contribution in [0.15, 0.2) is 12.2 Å². The molecule has 2 nitrogen and oxygen atoms in total. The first-order valence-electron chi connectivity index (χ1n) is 13.5. The van der Waals surface area contributed by atoms with Crippen LogP contribution in [0.25, 0.3) is 0 Å². The minimum atomic E-state index is -0.179. The summed E-state index contributed by atoms with van der Waals surface area (Å²) in [5, 5.41) is 0. The molecule has 0 bridgehead atoms. The van der Waals surface area contributed by atoms with Crippen LogP contribution in [0.2, 0.25) is 0 Å². The van der Waals surface area contributed by atoms with Gasteiger partial charge in [-0.2, -0.15) is 0 Å². The minimum Gasteiger partial charge on any atom is -0.303 e. The standard InChI is InChI=1S/C30H46O2/c1-19(2)20-10-15-30(18-31)17-16-28(6)21(25(20)30)8-9-23-27(5)13-12-24(32)26(3,4)22(27)11-14-29(23,28)7/h18,20-23,25H,1,8-17H2,2-7H3/t20?,21-,22?,23-,25?,27+,28-,29-,30-/m1/s1. The summed E-state index contributed by atoms with van der Waals surface area (Å²) in [6, 6.07) is 0. The van der Waals surface area contributed by atoms with Gasteiger partial charge in [0.1, 0.15) is 12.1 Å². The fourth-order valence-corrected chi connectivity index (χ4v) is 11.2. The highest BCUT2D eigenvalue weighted by molar-refractivity contribution is 5.85. The second kappa shape index (κ2) is 6.82. The molecule has 0 radical (unpaired) electrons. The molecule has 9 atom stereocenters. The molecule has 2 heteroatoms. The van der Waals surface area contributed by atoms with E-state index in [-0.39, 0.29) is 21.7 Å². The van der Waals surface area contributed by atoms with E-state index in [1.54, 1.807) is 0 Å². The van der Waals surface area contributed by atoms with Gasteiger partial charge in [-0.25, -0.2) is 0 Å². The average Bonchev–Trinajstić information content (AvgIpc) is 3.12. The number of fused-ring (bicyclic) bond motifs is 7. The Morgan fingerprint density at radius 1 is 0.875 bits per heavy atom. The first-order valence-corrected chi connectivity index (χ1v) is 13.5. The van der Waals surface area contributed by atoms with E-state index in [9.17, 15) is 9.59 Å². The Morgan fingerprint density at radius 3 is 2.25 bits per heavy atom. The van der Waals surface area contributed by atoms with E-state index in [1.807, 2.05) is 0 Å². The zero-order valence-electron chi connectivity index (χ0n) is 21.6. The Balaban J connectivity index is 1.56. The number of hydrogen-bond donors (Lipinski definition) is 0. The van der Waals surface area contributed by atoms with Crippen LogP contribution in [0.1, 0.15) is 106 Å². The molecule has 5 aliphatic carbocycles. The maximum absolute atomic E-state index is 12.9. The molecule has 0 spiro atoms. The van der Waals surface area contributed by atoms with Crippen LogP contribution < -0.4 is 0 Å². The largest absolute Gasteiger partial charge is 0.303 e. The van der Waals surface area contributed by atoms with Crippen molar-refractivity contribution in [2.45, 2.75) is 106 Å². The third-order valence-electron chi connectivity index (χ3n) is 13.1. The topological polar surface area (TPSA) is 34.1 Å². The lowest BCUT2D eigenvalue weighted by molar-refractivity contribution is -0.231. The van der Waals surface area contributed by atoms with Crippen LogP contribution in [0.5, 0.6) is 0 Å². The van der Waals surface area contributed by atoms with E-state index in [2.05, 4.69) is 48.1 Å². The summed E-state index contributed by atoms with van der Waals surface area (Å²) in [5.74, 6) is 3.34. The Bertz CT molecular complexity index is 855. The van der Waals surface area contributed by atoms with Crippen molar-refractivity contribution in [3.05, 3.63) is 12.2 Å². The predicted octanol–water partition coefficient (Wildman–Crippen LogP) is 7.41. The van der Waals surface area contributed by atoms with Crippen LogP contribution in [-0.4, -0.2) is 12.1 Å². The molecule has 5 saturated carbocycles. The van der Waals surface area contributed by atoms with Crippen LogP contribution in [0, 0.1) is 56.7 Å². The zero-order chi connectivity index (χ0) is 23.3. The molecule has 0 N–H and O–H groups in total. The van der Waals surface area contributed by atoms with Crippen molar-refractivity contribution >= 4 is 12.1 Å². The summed E-state index contributed by atoms with van der Waals surface area (Å²) in [6.07, 6.45) is 12.7.